The lowest BCUT2D eigenvalue weighted by Crippen LogP contribution is -2.34. The molecular formula is C31H46N2O13. The first-order valence-corrected chi connectivity index (χ1v) is 15.2. The molecule has 1 unspecified atom stereocenters. The molecule has 0 radical (unpaired) electrons. The fourth-order valence-electron chi connectivity index (χ4n) is 4.51. The van der Waals surface area contributed by atoms with Crippen molar-refractivity contribution in [3.63, 3.8) is 0 Å². The van der Waals surface area contributed by atoms with E-state index in [1.54, 1.807) is 27.7 Å². The molecule has 258 valence electrons. The number of carbonyl (C=O) groups is 8. The normalized spacial score (nSPS) is 16.5. The van der Waals surface area contributed by atoms with Crippen LogP contribution in [0.2, 0.25) is 0 Å². The summed E-state index contributed by atoms with van der Waals surface area (Å²) in [6, 6.07) is 0. The van der Waals surface area contributed by atoms with Crippen LogP contribution in [0, 0.1) is 22.2 Å². The lowest BCUT2D eigenvalue weighted by atomic mass is 9.86. The second-order valence-corrected chi connectivity index (χ2v) is 14.3. The molecule has 4 amide bonds. The zero-order valence-corrected chi connectivity index (χ0v) is 27.8. The predicted octanol–water partition coefficient (Wildman–Crippen LogP) is 2.58. The maximum atomic E-state index is 12.5. The standard InChI is InChI=1S/C31H46N2O13/c1-20(17-43-25(38)12-29(2,3)14-27(40)45-32-21(34)8-9-22(32)35)16-42-18-31(6,7)19-44-26(39)13-30(4,5)15-28(41)46-33-23(36)10-11-24(33)37/h20H,8-19H2,1-7H3. The van der Waals surface area contributed by atoms with Crippen LogP contribution >= 0.6 is 0 Å². The quantitative estimate of drug-likeness (QED) is 0.155. The average Bonchev–Trinajstić information content (AvgIpc) is 3.39. The molecule has 1 atom stereocenters. The Morgan fingerprint density at radius 3 is 1.35 bits per heavy atom. The number of rotatable bonds is 18. The van der Waals surface area contributed by atoms with E-state index in [0.717, 1.165) is 0 Å². The van der Waals surface area contributed by atoms with E-state index >= 15 is 0 Å². The average molecular weight is 655 g/mol. The lowest BCUT2D eigenvalue weighted by Gasteiger charge is -2.27. The summed E-state index contributed by atoms with van der Waals surface area (Å²) in [6.07, 6.45) is -0.637. The molecular weight excluding hydrogens is 608 g/mol. The minimum atomic E-state index is -0.847. The number of amides is 4. The smallest absolute Gasteiger partial charge is 0.333 e. The van der Waals surface area contributed by atoms with Gasteiger partial charge in [-0.3, -0.25) is 28.8 Å². The van der Waals surface area contributed by atoms with E-state index in [-0.39, 0.29) is 83.7 Å². The van der Waals surface area contributed by atoms with Crippen molar-refractivity contribution in [2.45, 2.75) is 99.8 Å². The molecule has 2 aliphatic heterocycles. The van der Waals surface area contributed by atoms with Gasteiger partial charge in [-0.05, 0) is 10.8 Å². The van der Waals surface area contributed by atoms with Gasteiger partial charge in [0.2, 0.25) is 0 Å². The van der Waals surface area contributed by atoms with E-state index in [1.165, 1.54) is 0 Å². The molecule has 46 heavy (non-hydrogen) atoms. The number of imide groups is 2. The molecule has 2 heterocycles. The number of nitrogens with zero attached hydrogens (tertiary/aromatic N) is 2. The molecule has 0 N–H and O–H groups in total. The van der Waals surface area contributed by atoms with Gasteiger partial charge in [0, 0.05) is 37.0 Å². The number of hydrogen-bond donors (Lipinski definition) is 0. The lowest BCUT2D eigenvalue weighted by molar-refractivity contribution is -0.199. The zero-order valence-electron chi connectivity index (χ0n) is 27.8. The van der Waals surface area contributed by atoms with Crippen LogP contribution in [0.25, 0.3) is 0 Å². The van der Waals surface area contributed by atoms with Crippen molar-refractivity contribution in [1.29, 1.82) is 0 Å². The highest BCUT2D eigenvalue weighted by molar-refractivity contribution is 6.02. The van der Waals surface area contributed by atoms with E-state index in [4.69, 9.17) is 23.9 Å². The molecule has 0 aromatic rings. The first kappa shape index (κ1) is 38.3. The molecule has 15 heteroatoms. The van der Waals surface area contributed by atoms with Crippen molar-refractivity contribution in [3.05, 3.63) is 0 Å². The first-order valence-electron chi connectivity index (χ1n) is 15.2. The minimum Gasteiger partial charge on any atom is -0.465 e. The highest BCUT2D eigenvalue weighted by Gasteiger charge is 2.37. The molecule has 0 aliphatic carbocycles. The Kier molecular flexibility index (Phi) is 13.4. The molecule has 2 aliphatic rings. The summed E-state index contributed by atoms with van der Waals surface area (Å²) in [6.45, 7) is 12.8. The Labute approximate surface area is 268 Å². The van der Waals surface area contributed by atoms with Crippen molar-refractivity contribution in [1.82, 2.24) is 10.1 Å². The fraction of sp³-hybridized carbons (Fsp3) is 0.742. The SMILES string of the molecule is CC(COCC(C)(C)COC(=O)CC(C)(C)CC(=O)ON1C(=O)CCC1=O)COC(=O)CC(C)(C)CC(=O)ON1C(=O)CCC1=O. The molecule has 2 rings (SSSR count). The maximum Gasteiger partial charge on any atom is 0.333 e. The predicted molar refractivity (Wildman–Crippen MR) is 156 cm³/mol. The monoisotopic (exact) mass is 654 g/mol. The van der Waals surface area contributed by atoms with Crippen molar-refractivity contribution >= 4 is 47.5 Å². The topological polar surface area (TPSA) is 189 Å². The molecule has 2 fully saturated rings. The van der Waals surface area contributed by atoms with E-state index < -0.39 is 63.8 Å². The van der Waals surface area contributed by atoms with Gasteiger partial charge in [0.15, 0.2) is 0 Å². The fourth-order valence-corrected chi connectivity index (χ4v) is 4.51. The Morgan fingerprint density at radius 2 is 0.935 bits per heavy atom. The van der Waals surface area contributed by atoms with Crippen molar-refractivity contribution < 1.29 is 62.2 Å². The van der Waals surface area contributed by atoms with Gasteiger partial charge in [0.1, 0.15) is 0 Å². The molecule has 0 bridgehead atoms. The molecule has 15 nitrogen and oxygen atoms in total. The van der Waals surface area contributed by atoms with Crippen LogP contribution in [-0.2, 0) is 62.2 Å². The van der Waals surface area contributed by atoms with Crippen LogP contribution in [0.5, 0.6) is 0 Å². The van der Waals surface area contributed by atoms with Gasteiger partial charge >= 0.3 is 23.9 Å². The van der Waals surface area contributed by atoms with E-state index in [2.05, 4.69) is 0 Å². The summed E-state index contributed by atoms with van der Waals surface area (Å²) < 4.78 is 16.5. The summed E-state index contributed by atoms with van der Waals surface area (Å²) in [5.41, 5.74) is -2.23. The van der Waals surface area contributed by atoms with E-state index in [1.807, 2.05) is 20.8 Å². The third-order valence-corrected chi connectivity index (χ3v) is 6.94. The Hall–Kier alpha value is -3.88. The van der Waals surface area contributed by atoms with Crippen molar-refractivity contribution in [3.8, 4) is 0 Å². The van der Waals surface area contributed by atoms with Crippen molar-refractivity contribution in [2.24, 2.45) is 22.2 Å². The molecule has 0 aromatic heterocycles. The Morgan fingerprint density at radius 1 is 0.565 bits per heavy atom. The number of carbonyl (C=O) groups excluding carboxylic acids is 8. The van der Waals surface area contributed by atoms with Crippen molar-refractivity contribution in [2.75, 3.05) is 26.4 Å². The second kappa shape index (κ2) is 16.1. The summed E-state index contributed by atoms with van der Waals surface area (Å²) in [4.78, 5) is 106. The van der Waals surface area contributed by atoms with Crippen LogP contribution in [-0.4, -0.2) is 84.1 Å². The maximum absolute atomic E-state index is 12.5. The summed E-state index contributed by atoms with van der Waals surface area (Å²) in [5.74, 6) is -5.13. The summed E-state index contributed by atoms with van der Waals surface area (Å²) in [7, 11) is 0. The van der Waals surface area contributed by atoms with Gasteiger partial charge in [-0.15, -0.1) is 10.1 Å². The van der Waals surface area contributed by atoms with Gasteiger partial charge in [-0.1, -0.05) is 48.5 Å². The van der Waals surface area contributed by atoms with Gasteiger partial charge in [0.05, 0.1) is 52.1 Å². The second-order valence-electron chi connectivity index (χ2n) is 14.3. The molecule has 0 spiro atoms. The minimum absolute atomic E-state index is 0.00872. The van der Waals surface area contributed by atoms with Gasteiger partial charge < -0.3 is 23.9 Å². The molecule has 2 saturated heterocycles. The van der Waals surface area contributed by atoms with E-state index in [9.17, 15) is 38.4 Å². The third-order valence-electron chi connectivity index (χ3n) is 6.94. The summed E-state index contributed by atoms with van der Waals surface area (Å²) >= 11 is 0. The number of hydrogen-bond acceptors (Lipinski definition) is 13. The van der Waals surface area contributed by atoms with Gasteiger partial charge in [0.25, 0.3) is 23.6 Å². The zero-order chi connectivity index (χ0) is 34.9. The number of hydroxylamine groups is 4. The first-order chi connectivity index (χ1) is 21.2. The molecule has 0 saturated carbocycles. The highest BCUT2D eigenvalue weighted by Crippen LogP contribution is 2.29. The highest BCUT2D eigenvalue weighted by atomic mass is 16.7. The number of esters is 2. The third kappa shape index (κ3) is 13.2. The van der Waals surface area contributed by atoms with Crippen LogP contribution in [0.3, 0.4) is 0 Å². The van der Waals surface area contributed by atoms with Gasteiger partial charge in [-0.25, -0.2) is 9.59 Å². The Bertz CT molecular complexity index is 1170. The van der Waals surface area contributed by atoms with Crippen LogP contribution in [0.15, 0.2) is 0 Å². The van der Waals surface area contributed by atoms with Gasteiger partial charge in [-0.2, -0.15) is 0 Å². The largest absolute Gasteiger partial charge is 0.465 e. The summed E-state index contributed by atoms with van der Waals surface area (Å²) in [5, 5.41) is 0.942. The molecule has 0 aromatic carbocycles. The van der Waals surface area contributed by atoms with E-state index in [0.29, 0.717) is 10.1 Å². The van der Waals surface area contributed by atoms with Crippen LogP contribution < -0.4 is 0 Å². The van der Waals surface area contributed by atoms with Crippen LogP contribution in [0.4, 0.5) is 0 Å². The Balaban J connectivity index is 1.64. The number of ether oxygens (including phenoxy) is 3. The van der Waals surface area contributed by atoms with Crippen LogP contribution in [0.1, 0.15) is 99.8 Å².